The molecule has 0 radical (unpaired) electrons. The maximum absolute atomic E-state index is 12.5. The zero-order valence-corrected chi connectivity index (χ0v) is 19.2. The van der Waals surface area contributed by atoms with Gasteiger partial charge in [-0.3, -0.25) is 4.68 Å². The lowest BCUT2D eigenvalue weighted by Gasteiger charge is -2.15. The summed E-state index contributed by atoms with van der Waals surface area (Å²) < 4.78 is 28.0. The standard InChI is InChI=1S/C17H26N6O2S.HI/c1-5-18-17(20-13-15-10-11-21-23(15)4)19-12-14-8-6-7-9-16(14)26(24,25)22(2)3;/h6-11H,5,12-13H2,1-4H3,(H2,18,19,20);1H. The Kier molecular flexibility index (Phi) is 9.19. The molecular weight excluding hydrogens is 479 g/mol. The van der Waals surface area contributed by atoms with Gasteiger partial charge < -0.3 is 10.6 Å². The predicted octanol–water partition coefficient (Wildman–Crippen LogP) is 1.54. The van der Waals surface area contributed by atoms with E-state index in [-0.39, 0.29) is 35.4 Å². The molecule has 2 aromatic rings. The van der Waals surface area contributed by atoms with E-state index in [0.717, 1.165) is 5.69 Å². The van der Waals surface area contributed by atoms with Gasteiger partial charge in [0.15, 0.2) is 5.96 Å². The van der Waals surface area contributed by atoms with Crippen molar-refractivity contribution in [3.63, 3.8) is 0 Å². The van der Waals surface area contributed by atoms with Gasteiger partial charge in [-0.1, -0.05) is 18.2 Å². The first kappa shape index (κ1) is 23.4. The molecule has 150 valence electrons. The fraction of sp³-hybridized carbons (Fsp3) is 0.412. The smallest absolute Gasteiger partial charge is 0.242 e. The lowest BCUT2D eigenvalue weighted by atomic mass is 10.2. The Labute approximate surface area is 178 Å². The number of aliphatic imine (C=N–C) groups is 1. The molecular formula is C17H27IN6O2S. The molecule has 1 aromatic heterocycles. The highest BCUT2D eigenvalue weighted by Crippen LogP contribution is 2.19. The van der Waals surface area contributed by atoms with Crippen molar-refractivity contribution in [2.45, 2.75) is 24.9 Å². The van der Waals surface area contributed by atoms with E-state index in [1.54, 1.807) is 29.1 Å². The summed E-state index contributed by atoms with van der Waals surface area (Å²) in [7, 11) is 1.41. The van der Waals surface area contributed by atoms with E-state index < -0.39 is 10.0 Å². The van der Waals surface area contributed by atoms with Crippen molar-refractivity contribution in [3.05, 3.63) is 47.8 Å². The van der Waals surface area contributed by atoms with Crippen LogP contribution in [0.4, 0.5) is 0 Å². The number of aromatic nitrogens is 2. The van der Waals surface area contributed by atoms with Crippen LogP contribution in [0.25, 0.3) is 0 Å². The number of nitrogens with one attached hydrogen (secondary N) is 2. The maximum Gasteiger partial charge on any atom is 0.242 e. The normalized spacial score (nSPS) is 12.0. The number of hydrogen-bond acceptors (Lipinski definition) is 4. The van der Waals surface area contributed by atoms with E-state index in [1.807, 2.05) is 26.1 Å². The molecule has 0 bridgehead atoms. The summed E-state index contributed by atoms with van der Waals surface area (Å²) in [5, 5.41) is 10.5. The maximum atomic E-state index is 12.5. The van der Waals surface area contributed by atoms with Gasteiger partial charge in [-0.05, 0) is 24.6 Å². The first-order chi connectivity index (χ1) is 12.4. The molecule has 2 rings (SSSR count). The molecule has 2 N–H and O–H groups in total. The topological polar surface area (TPSA) is 91.6 Å². The Morgan fingerprint density at radius 1 is 1.22 bits per heavy atom. The summed E-state index contributed by atoms with van der Waals surface area (Å²) in [4.78, 5) is 4.80. The van der Waals surface area contributed by atoms with Crippen LogP contribution in [-0.2, 0) is 30.2 Å². The van der Waals surface area contributed by atoms with Gasteiger partial charge in [0.05, 0.1) is 23.7 Å². The zero-order chi connectivity index (χ0) is 19.2. The Bertz CT molecular complexity index is 864. The van der Waals surface area contributed by atoms with Crippen molar-refractivity contribution in [1.82, 2.24) is 24.7 Å². The molecule has 0 aliphatic carbocycles. The van der Waals surface area contributed by atoms with Crippen LogP contribution in [0.2, 0.25) is 0 Å². The molecule has 1 heterocycles. The van der Waals surface area contributed by atoms with Gasteiger partial charge in [0.25, 0.3) is 0 Å². The molecule has 1 aromatic carbocycles. The van der Waals surface area contributed by atoms with Crippen LogP contribution in [0.3, 0.4) is 0 Å². The highest BCUT2D eigenvalue weighted by molar-refractivity contribution is 14.0. The molecule has 0 aliphatic rings. The fourth-order valence-corrected chi connectivity index (χ4v) is 3.45. The third kappa shape index (κ3) is 6.18. The number of benzene rings is 1. The highest BCUT2D eigenvalue weighted by atomic mass is 127. The molecule has 0 unspecified atom stereocenters. The minimum absolute atomic E-state index is 0. The minimum atomic E-state index is -3.51. The third-order valence-electron chi connectivity index (χ3n) is 3.84. The SMILES string of the molecule is CCNC(=NCc1ccccc1S(=O)(=O)N(C)C)NCc1ccnn1C.I. The van der Waals surface area contributed by atoms with Gasteiger partial charge in [-0.25, -0.2) is 17.7 Å². The van der Waals surface area contributed by atoms with Gasteiger partial charge in [0.1, 0.15) is 0 Å². The van der Waals surface area contributed by atoms with E-state index in [1.165, 1.54) is 18.4 Å². The second-order valence-corrected chi connectivity index (χ2v) is 8.01. The summed E-state index contributed by atoms with van der Waals surface area (Å²) in [5.41, 5.74) is 1.67. The van der Waals surface area contributed by atoms with Crippen LogP contribution >= 0.6 is 24.0 Å². The number of halogens is 1. The molecule has 0 saturated heterocycles. The molecule has 0 fully saturated rings. The molecule has 0 saturated carbocycles. The monoisotopic (exact) mass is 506 g/mol. The lowest BCUT2D eigenvalue weighted by Crippen LogP contribution is -2.37. The van der Waals surface area contributed by atoms with E-state index >= 15 is 0 Å². The lowest BCUT2D eigenvalue weighted by molar-refractivity contribution is 0.519. The first-order valence-corrected chi connectivity index (χ1v) is 9.79. The largest absolute Gasteiger partial charge is 0.357 e. The van der Waals surface area contributed by atoms with Crippen molar-refractivity contribution in [2.75, 3.05) is 20.6 Å². The highest BCUT2D eigenvalue weighted by Gasteiger charge is 2.20. The summed E-state index contributed by atoms with van der Waals surface area (Å²) in [5.74, 6) is 0.616. The number of sulfonamides is 1. The van der Waals surface area contributed by atoms with Crippen molar-refractivity contribution >= 4 is 40.0 Å². The minimum Gasteiger partial charge on any atom is -0.357 e. The van der Waals surface area contributed by atoms with Crippen LogP contribution < -0.4 is 10.6 Å². The van der Waals surface area contributed by atoms with Crippen LogP contribution in [-0.4, -0.2) is 49.1 Å². The van der Waals surface area contributed by atoms with Gasteiger partial charge in [-0.2, -0.15) is 5.10 Å². The third-order valence-corrected chi connectivity index (χ3v) is 5.76. The number of guanidine groups is 1. The van der Waals surface area contributed by atoms with Crippen LogP contribution in [0, 0.1) is 0 Å². The second kappa shape index (κ2) is 10.6. The second-order valence-electron chi connectivity index (χ2n) is 5.89. The van der Waals surface area contributed by atoms with Crippen LogP contribution in [0.15, 0.2) is 46.4 Å². The van der Waals surface area contributed by atoms with Gasteiger partial charge >= 0.3 is 0 Å². The summed E-state index contributed by atoms with van der Waals surface area (Å²) in [6, 6.07) is 8.85. The van der Waals surface area contributed by atoms with Crippen molar-refractivity contribution < 1.29 is 8.42 Å². The number of rotatable bonds is 7. The van der Waals surface area contributed by atoms with E-state index in [2.05, 4.69) is 20.7 Å². The van der Waals surface area contributed by atoms with E-state index in [4.69, 9.17) is 0 Å². The first-order valence-electron chi connectivity index (χ1n) is 8.35. The summed E-state index contributed by atoms with van der Waals surface area (Å²) >= 11 is 0. The van der Waals surface area contributed by atoms with Crippen LogP contribution in [0.1, 0.15) is 18.2 Å². The predicted molar refractivity (Wildman–Crippen MR) is 118 cm³/mol. The van der Waals surface area contributed by atoms with E-state index in [0.29, 0.717) is 24.6 Å². The molecule has 0 aliphatic heterocycles. The Balaban J connectivity index is 0.00000364. The number of aryl methyl sites for hydroxylation is 1. The molecule has 10 heteroatoms. The van der Waals surface area contributed by atoms with Crippen LogP contribution in [0.5, 0.6) is 0 Å². The van der Waals surface area contributed by atoms with Crippen molar-refractivity contribution in [2.24, 2.45) is 12.0 Å². The molecule has 8 nitrogen and oxygen atoms in total. The Hall–Kier alpha value is -1.66. The summed E-state index contributed by atoms with van der Waals surface area (Å²) in [6.07, 6.45) is 1.74. The summed E-state index contributed by atoms with van der Waals surface area (Å²) in [6.45, 7) is 3.50. The van der Waals surface area contributed by atoms with Gasteiger partial charge in [-0.15, -0.1) is 24.0 Å². The zero-order valence-electron chi connectivity index (χ0n) is 16.0. The fourth-order valence-electron chi connectivity index (χ4n) is 2.34. The number of nitrogens with zero attached hydrogens (tertiary/aromatic N) is 4. The molecule has 27 heavy (non-hydrogen) atoms. The Morgan fingerprint density at radius 2 is 1.93 bits per heavy atom. The molecule has 0 amide bonds. The average Bonchev–Trinajstić information content (AvgIpc) is 3.02. The quantitative estimate of drug-likeness (QED) is 0.338. The van der Waals surface area contributed by atoms with E-state index in [9.17, 15) is 8.42 Å². The Morgan fingerprint density at radius 3 is 2.52 bits per heavy atom. The van der Waals surface area contributed by atoms with Crippen molar-refractivity contribution in [3.8, 4) is 0 Å². The molecule has 0 spiro atoms. The van der Waals surface area contributed by atoms with Gasteiger partial charge in [0, 0.05) is 33.9 Å². The molecule has 0 atom stereocenters. The van der Waals surface area contributed by atoms with Crippen molar-refractivity contribution in [1.29, 1.82) is 0 Å². The average molecular weight is 506 g/mol. The van der Waals surface area contributed by atoms with Gasteiger partial charge in [0.2, 0.25) is 10.0 Å². The number of hydrogen-bond donors (Lipinski definition) is 2.